The van der Waals surface area contributed by atoms with Crippen LogP contribution in [0, 0.1) is 0 Å². The van der Waals surface area contributed by atoms with E-state index in [9.17, 15) is 19.2 Å². The molecular weight excluding hydrogens is 330 g/mol. The van der Waals surface area contributed by atoms with Gasteiger partial charge in [-0.05, 0) is 6.42 Å². The number of rotatable bonds is 7. The van der Waals surface area contributed by atoms with Crippen molar-refractivity contribution in [1.82, 2.24) is 24.0 Å². The summed E-state index contributed by atoms with van der Waals surface area (Å²) in [6.45, 7) is 1.36. The first-order chi connectivity index (χ1) is 11.8. The number of aryl methyl sites for hydroxylation is 2. The largest absolute Gasteiger partial charge is 0.480 e. The Balaban J connectivity index is 2.32. The summed E-state index contributed by atoms with van der Waals surface area (Å²) < 4.78 is 3.42. The van der Waals surface area contributed by atoms with Crippen LogP contribution in [0.5, 0.6) is 0 Å². The predicted octanol–water partition coefficient (Wildman–Crippen LogP) is -0.807. The van der Waals surface area contributed by atoms with Gasteiger partial charge in [-0.3, -0.25) is 14.2 Å². The molecule has 1 unspecified atom stereocenters. The van der Waals surface area contributed by atoms with Gasteiger partial charge in [0, 0.05) is 14.1 Å². The maximum Gasteiger partial charge on any atom is 0.332 e. The van der Waals surface area contributed by atoms with E-state index in [1.54, 1.807) is 7.05 Å². The number of unbranched alkanes of at least 4 members (excludes halogenated alkanes) is 1. The minimum Gasteiger partial charge on any atom is -0.480 e. The Labute approximate surface area is 142 Å². The van der Waals surface area contributed by atoms with E-state index < -0.39 is 35.7 Å². The van der Waals surface area contributed by atoms with E-state index in [-0.39, 0.29) is 17.6 Å². The highest BCUT2D eigenvalue weighted by molar-refractivity contribution is 5.83. The number of carboxylic acids is 1. The summed E-state index contributed by atoms with van der Waals surface area (Å²) in [7, 11) is 3.06. The van der Waals surface area contributed by atoms with Gasteiger partial charge in [0.15, 0.2) is 11.2 Å². The first-order valence-electron chi connectivity index (χ1n) is 7.91. The van der Waals surface area contributed by atoms with Crippen LogP contribution >= 0.6 is 0 Å². The van der Waals surface area contributed by atoms with E-state index in [1.807, 2.05) is 6.92 Å². The zero-order valence-electron chi connectivity index (χ0n) is 14.4. The number of aliphatic carboxylic acids is 1. The third-order valence-electron chi connectivity index (χ3n) is 3.98. The van der Waals surface area contributed by atoms with Crippen molar-refractivity contribution in [2.75, 3.05) is 0 Å². The first-order valence-corrected chi connectivity index (χ1v) is 7.91. The number of fused-ring (bicyclic) bond motifs is 1. The van der Waals surface area contributed by atoms with Crippen LogP contribution in [0.4, 0.5) is 0 Å². The van der Waals surface area contributed by atoms with Crippen molar-refractivity contribution in [3.05, 3.63) is 27.2 Å². The zero-order chi connectivity index (χ0) is 18.7. The van der Waals surface area contributed by atoms with E-state index in [0.717, 1.165) is 11.0 Å². The molecule has 136 valence electrons. The highest BCUT2D eigenvalue weighted by Gasteiger charge is 2.21. The van der Waals surface area contributed by atoms with Crippen LogP contribution in [-0.2, 0) is 30.2 Å². The average Bonchev–Trinajstić information content (AvgIpc) is 2.95. The molecular formula is C15H21N5O5. The van der Waals surface area contributed by atoms with Gasteiger partial charge in [0.2, 0.25) is 5.91 Å². The molecule has 1 amide bonds. The smallest absolute Gasteiger partial charge is 0.332 e. The first kappa shape index (κ1) is 18.4. The Morgan fingerprint density at radius 3 is 2.60 bits per heavy atom. The quantitative estimate of drug-likeness (QED) is 0.672. The van der Waals surface area contributed by atoms with Crippen LogP contribution in [0.15, 0.2) is 15.9 Å². The van der Waals surface area contributed by atoms with Crippen LogP contribution in [0.25, 0.3) is 11.2 Å². The van der Waals surface area contributed by atoms with Crippen LogP contribution in [0.1, 0.15) is 26.2 Å². The third kappa shape index (κ3) is 3.62. The number of nitrogens with one attached hydrogen (secondary N) is 1. The second-order valence-electron chi connectivity index (χ2n) is 5.86. The van der Waals surface area contributed by atoms with Gasteiger partial charge in [0.1, 0.15) is 12.6 Å². The maximum atomic E-state index is 12.5. The molecule has 1 atom stereocenters. The van der Waals surface area contributed by atoms with Crippen molar-refractivity contribution in [3.8, 4) is 0 Å². The van der Waals surface area contributed by atoms with Crippen molar-refractivity contribution < 1.29 is 14.7 Å². The Morgan fingerprint density at radius 2 is 2.00 bits per heavy atom. The summed E-state index contributed by atoms with van der Waals surface area (Å²) in [5, 5.41) is 11.5. The zero-order valence-corrected chi connectivity index (χ0v) is 14.4. The topological polar surface area (TPSA) is 128 Å². The second-order valence-corrected chi connectivity index (χ2v) is 5.86. The number of carbonyl (C=O) groups excluding carboxylic acids is 1. The molecule has 0 aliphatic rings. The lowest BCUT2D eigenvalue weighted by molar-refractivity contribution is -0.142. The standard InChI is InChI=1S/C15H21N5O5/c1-4-5-6-9(14(23)24)17-10(21)7-20-13(22)11-12(16-8-18(11)2)19(3)15(20)25/h8-9H,4-7H2,1-3H3,(H,17,21)(H,23,24). The van der Waals surface area contributed by atoms with Crippen molar-refractivity contribution in [2.24, 2.45) is 14.1 Å². The number of carboxylic acid groups (broad SMARTS) is 1. The van der Waals surface area contributed by atoms with Crippen LogP contribution in [0.3, 0.4) is 0 Å². The number of imidazole rings is 1. The molecule has 2 rings (SSSR count). The molecule has 0 radical (unpaired) electrons. The lowest BCUT2D eigenvalue weighted by Gasteiger charge is -2.15. The lowest BCUT2D eigenvalue weighted by Crippen LogP contribution is -2.47. The number of nitrogens with zero attached hydrogens (tertiary/aromatic N) is 4. The monoisotopic (exact) mass is 351 g/mol. The Kier molecular flexibility index (Phi) is 5.40. The summed E-state index contributed by atoms with van der Waals surface area (Å²) >= 11 is 0. The lowest BCUT2D eigenvalue weighted by atomic mass is 10.1. The van der Waals surface area contributed by atoms with E-state index in [4.69, 9.17) is 5.11 Å². The van der Waals surface area contributed by atoms with Gasteiger partial charge in [-0.2, -0.15) is 0 Å². The maximum absolute atomic E-state index is 12.5. The summed E-state index contributed by atoms with van der Waals surface area (Å²) in [4.78, 5) is 52.2. The summed E-state index contributed by atoms with van der Waals surface area (Å²) in [6.07, 6.45) is 3.11. The number of aromatic nitrogens is 4. The second kappa shape index (κ2) is 7.32. The fourth-order valence-electron chi connectivity index (χ4n) is 2.58. The van der Waals surface area contributed by atoms with Gasteiger partial charge >= 0.3 is 11.7 Å². The van der Waals surface area contributed by atoms with Gasteiger partial charge in [-0.15, -0.1) is 0 Å². The SMILES string of the molecule is CCCCC(NC(=O)Cn1c(=O)c2c(ncn2C)n(C)c1=O)C(=O)O. The van der Waals surface area contributed by atoms with E-state index >= 15 is 0 Å². The molecule has 0 aliphatic heterocycles. The van der Waals surface area contributed by atoms with Crippen molar-refractivity contribution in [2.45, 2.75) is 38.8 Å². The number of hydrogen-bond acceptors (Lipinski definition) is 5. The van der Waals surface area contributed by atoms with Crippen LogP contribution in [-0.4, -0.2) is 41.7 Å². The molecule has 0 saturated carbocycles. The highest BCUT2D eigenvalue weighted by atomic mass is 16.4. The summed E-state index contributed by atoms with van der Waals surface area (Å²) in [5.74, 6) is -1.85. The predicted molar refractivity (Wildman–Crippen MR) is 89.3 cm³/mol. The normalized spacial score (nSPS) is 12.3. The molecule has 25 heavy (non-hydrogen) atoms. The molecule has 0 aromatic carbocycles. The summed E-state index contributed by atoms with van der Waals surface area (Å²) in [6, 6.07) is -1.05. The van der Waals surface area contributed by atoms with Crippen molar-refractivity contribution >= 4 is 23.0 Å². The number of hydrogen-bond donors (Lipinski definition) is 2. The molecule has 2 aromatic heterocycles. The minimum absolute atomic E-state index is 0.190. The van der Waals surface area contributed by atoms with Crippen molar-refractivity contribution in [1.29, 1.82) is 0 Å². The molecule has 10 nitrogen and oxygen atoms in total. The molecule has 0 saturated heterocycles. The van der Waals surface area contributed by atoms with Crippen molar-refractivity contribution in [3.63, 3.8) is 0 Å². The minimum atomic E-state index is -1.15. The number of carbonyl (C=O) groups is 2. The molecule has 2 N–H and O–H groups in total. The Hall–Kier alpha value is -2.91. The molecule has 0 aliphatic carbocycles. The molecule has 0 spiro atoms. The fourth-order valence-corrected chi connectivity index (χ4v) is 2.58. The van der Waals surface area contributed by atoms with Crippen LogP contribution in [0.2, 0.25) is 0 Å². The van der Waals surface area contributed by atoms with E-state index in [2.05, 4.69) is 10.3 Å². The average molecular weight is 351 g/mol. The van der Waals surface area contributed by atoms with Gasteiger partial charge in [0.25, 0.3) is 5.56 Å². The molecule has 2 heterocycles. The molecule has 0 fully saturated rings. The third-order valence-corrected chi connectivity index (χ3v) is 3.98. The van der Waals surface area contributed by atoms with Gasteiger partial charge in [-0.1, -0.05) is 19.8 Å². The highest BCUT2D eigenvalue weighted by Crippen LogP contribution is 2.03. The van der Waals surface area contributed by atoms with E-state index in [1.165, 1.54) is 22.5 Å². The molecule has 10 heteroatoms. The molecule has 0 bridgehead atoms. The fraction of sp³-hybridized carbons (Fsp3) is 0.533. The summed E-state index contributed by atoms with van der Waals surface area (Å²) in [5.41, 5.74) is -0.920. The van der Waals surface area contributed by atoms with Crippen LogP contribution < -0.4 is 16.6 Å². The van der Waals surface area contributed by atoms with E-state index in [0.29, 0.717) is 6.42 Å². The van der Waals surface area contributed by atoms with Gasteiger partial charge < -0.3 is 15.0 Å². The Bertz CT molecular complexity index is 923. The van der Waals surface area contributed by atoms with Gasteiger partial charge in [-0.25, -0.2) is 19.1 Å². The number of amides is 1. The Morgan fingerprint density at radius 1 is 1.32 bits per heavy atom. The van der Waals surface area contributed by atoms with Gasteiger partial charge in [0.05, 0.1) is 6.33 Å². The molecule has 2 aromatic rings.